The molecular formula is C8H11N3O3. The zero-order valence-electron chi connectivity index (χ0n) is 7.71. The molecule has 2 rings (SSSR count). The summed E-state index contributed by atoms with van der Waals surface area (Å²) in [5.41, 5.74) is 0.0248. The Morgan fingerprint density at radius 1 is 1.71 bits per heavy atom. The van der Waals surface area contributed by atoms with Gasteiger partial charge in [0.1, 0.15) is 0 Å². The van der Waals surface area contributed by atoms with Crippen LogP contribution in [0.15, 0.2) is 6.20 Å². The van der Waals surface area contributed by atoms with Crippen LogP contribution in [0.3, 0.4) is 0 Å². The maximum atomic E-state index is 10.7. The minimum absolute atomic E-state index is 0.663. The molecule has 1 aliphatic rings. The molecule has 1 aliphatic carbocycles. The smallest absolute Gasteiger partial charge is 0.333 e. The first kappa shape index (κ1) is 9.14. The Labute approximate surface area is 80.2 Å². The standard InChI is InChI=1S/C8H11N3O3/c1-11-5(4-9-10-11)8(2-3-8)6(12)7(13)14/h4,6,12H,2-3H2,1H3,(H,13,14). The molecule has 1 heterocycles. The van der Waals surface area contributed by atoms with Gasteiger partial charge in [-0.15, -0.1) is 5.10 Å². The van der Waals surface area contributed by atoms with Gasteiger partial charge in [0.2, 0.25) is 0 Å². The fraction of sp³-hybridized carbons (Fsp3) is 0.625. The van der Waals surface area contributed by atoms with Gasteiger partial charge in [0.15, 0.2) is 6.10 Å². The highest BCUT2D eigenvalue weighted by atomic mass is 16.4. The minimum atomic E-state index is -1.36. The largest absolute Gasteiger partial charge is 0.479 e. The summed E-state index contributed by atoms with van der Waals surface area (Å²) in [6.45, 7) is 0. The Morgan fingerprint density at radius 2 is 2.36 bits per heavy atom. The van der Waals surface area contributed by atoms with Crippen LogP contribution in [0.2, 0.25) is 0 Å². The quantitative estimate of drug-likeness (QED) is 0.668. The van der Waals surface area contributed by atoms with Crippen molar-refractivity contribution in [2.45, 2.75) is 24.4 Å². The number of aliphatic hydroxyl groups excluding tert-OH is 1. The zero-order valence-corrected chi connectivity index (χ0v) is 7.71. The minimum Gasteiger partial charge on any atom is -0.479 e. The van der Waals surface area contributed by atoms with Gasteiger partial charge in [-0.25, -0.2) is 4.79 Å². The van der Waals surface area contributed by atoms with Crippen LogP contribution >= 0.6 is 0 Å². The summed E-state index contributed by atoms with van der Waals surface area (Å²) in [6, 6.07) is 0. The van der Waals surface area contributed by atoms with Gasteiger partial charge in [-0.05, 0) is 12.8 Å². The van der Waals surface area contributed by atoms with Crippen LogP contribution in [0, 0.1) is 0 Å². The van der Waals surface area contributed by atoms with Crippen LogP contribution in [0.25, 0.3) is 0 Å². The summed E-state index contributed by atoms with van der Waals surface area (Å²) in [6.07, 6.45) is 1.49. The maximum absolute atomic E-state index is 10.7. The molecule has 0 aliphatic heterocycles. The molecule has 0 aromatic carbocycles. The molecule has 0 saturated heterocycles. The molecule has 0 spiro atoms. The number of aliphatic carboxylic acids is 1. The lowest BCUT2D eigenvalue weighted by Gasteiger charge is -2.17. The van der Waals surface area contributed by atoms with Gasteiger partial charge in [-0.3, -0.25) is 4.68 Å². The molecule has 1 saturated carbocycles. The first-order valence-electron chi connectivity index (χ1n) is 4.34. The van der Waals surface area contributed by atoms with Gasteiger partial charge in [-0.1, -0.05) is 5.21 Å². The zero-order chi connectivity index (χ0) is 10.3. The summed E-state index contributed by atoms with van der Waals surface area (Å²) in [4.78, 5) is 10.7. The molecule has 0 bridgehead atoms. The van der Waals surface area contributed by atoms with Crippen LogP contribution in [0.4, 0.5) is 0 Å². The lowest BCUT2D eigenvalue weighted by atomic mass is 9.95. The topological polar surface area (TPSA) is 88.2 Å². The van der Waals surface area contributed by atoms with E-state index in [1.807, 2.05) is 0 Å². The Bertz CT molecular complexity index is 370. The Morgan fingerprint density at radius 3 is 2.71 bits per heavy atom. The van der Waals surface area contributed by atoms with E-state index >= 15 is 0 Å². The third-order valence-corrected chi connectivity index (χ3v) is 2.77. The Kier molecular flexibility index (Phi) is 1.81. The van der Waals surface area contributed by atoms with Crippen molar-refractivity contribution < 1.29 is 15.0 Å². The van der Waals surface area contributed by atoms with Crippen LogP contribution in [-0.4, -0.2) is 37.3 Å². The lowest BCUT2D eigenvalue weighted by molar-refractivity contribution is -0.148. The molecule has 0 radical (unpaired) electrons. The molecule has 14 heavy (non-hydrogen) atoms. The number of carboxylic acids is 1. The van der Waals surface area contributed by atoms with Gasteiger partial charge in [0.05, 0.1) is 17.3 Å². The summed E-state index contributed by atoms with van der Waals surface area (Å²) in [5, 5.41) is 25.7. The summed E-state index contributed by atoms with van der Waals surface area (Å²) in [5.74, 6) is -1.19. The normalized spacial score (nSPS) is 20.4. The fourth-order valence-electron chi connectivity index (χ4n) is 1.78. The second-order valence-corrected chi connectivity index (χ2v) is 3.64. The van der Waals surface area contributed by atoms with Crippen LogP contribution < -0.4 is 0 Å². The van der Waals surface area contributed by atoms with Gasteiger partial charge in [0, 0.05) is 7.05 Å². The van der Waals surface area contributed by atoms with Gasteiger partial charge in [0.25, 0.3) is 0 Å². The van der Waals surface area contributed by atoms with Crippen molar-refractivity contribution in [3.8, 4) is 0 Å². The van der Waals surface area contributed by atoms with Crippen molar-refractivity contribution >= 4 is 5.97 Å². The first-order valence-corrected chi connectivity index (χ1v) is 4.34. The molecule has 6 nitrogen and oxygen atoms in total. The number of hydrogen-bond acceptors (Lipinski definition) is 4. The van der Waals surface area contributed by atoms with E-state index in [9.17, 15) is 9.90 Å². The molecule has 1 atom stereocenters. The number of aliphatic hydroxyl groups is 1. The predicted octanol–water partition coefficient (Wildman–Crippen LogP) is -0.708. The number of hydrogen-bond donors (Lipinski definition) is 2. The first-order chi connectivity index (χ1) is 6.58. The molecule has 1 aromatic rings. The molecule has 6 heteroatoms. The van der Waals surface area contributed by atoms with Crippen LogP contribution in [0.5, 0.6) is 0 Å². The Hall–Kier alpha value is -1.43. The van der Waals surface area contributed by atoms with Crippen molar-refractivity contribution in [2.24, 2.45) is 7.05 Å². The highest BCUT2D eigenvalue weighted by Crippen LogP contribution is 2.50. The van der Waals surface area contributed by atoms with Crippen molar-refractivity contribution in [3.63, 3.8) is 0 Å². The average molecular weight is 197 g/mol. The van der Waals surface area contributed by atoms with Crippen molar-refractivity contribution in [3.05, 3.63) is 11.9 Å². The third kappa shape index (κ3) is 1.11. The molecule has 2 N–H and O–H groups in total. The van der Waals surface area contributed by atoms with Crippen LogP contribution in [-0.2, 0) is 17.3 Å². The molecule has 0 amide bonds. The number of rotatable bonds is 3. The van der Waals surface area contributed by atoms with Gasteiger partial charge in [-0.2, -0.15) is 0 Å². The Balaban J connectivity index is 2.34. The summed E-state index contributed by atoms with van der Waals surface area (Å²) in [7, 11) is 1.69. The summed E-state index contributed by atoms with van der Waals surface area (Å²) < 4.78 is 1.51. The number of carbonyl (C=O) groups is 1. The second kappa shape index (κ2) is 2.78. The van der Waals surface area contributed by atoms with E-state index in [4.69, 9.17) is 5.11 Å². The molecule has 1 fully saturated rings. The third-order valence-electron chi connectivity index (χ3n) is 2.77. The van der Waals surface area contributed by atoms with E-state index in [0.29, 0.717) is 18.5 Å². The van der Waals surface area contributed by atoms with Crippen molar-refractivity contribution in [1.82, 2.24) is 15.0 Å². The maximum Gasteiger partial charge on any atom is 0.333 e. The van der Waals surface area contributed by atoms with E-state index < -0.39 is 17.5 Å². The monoisotopic (exact) mass is 197 g/mol. The molecule has 1 aromatic heterocycles. The van der Waals surface area contributed by atoms with E-state index in [2.05, 4.69) is 10.3 Å². The van der Waals surface area contributed by atoms with E-state index in [1.54, 1.807) is 7.05 Å². The number of nitrogens with zero attached hydrogens (tertiary/aromatic N) is 3. The van der Waals surface area contributed by atoms with Crippen molar-refractivity contribution in [1.29, 1.82) is 0 Å². The number of aryl methyl sites for hydroxylation is 1. The predicted molar refractivity (Wildman–Crippen MR) is 45.6 cm³/mol. The van der Waals surface area contributed by atoms with Crippen LogP contribution in [0.1, 0.15) is 18.5 Å². The number of aromatic nitrogens is 3. The SMILES string of the molecule is Cn1nncc1C1(C(O)C(=O)O)CC1. The summed E-state index contributed by atoms with van der Waals surface area (Å²) >= 11 is 0. The average Bonchev–Trinajstić information content (AvgIpc) is 2.83. The highest BCUT2D eigenvalue weighted by Gasteiger charge is 2.55. The van der Waals surface area contributed by atoms with Gasteiger partial charge >= 0.3 is 5.97 Å². The van der Waals surface area contributed by atoms with E-state index in [-0.39, 0.29) is 0 Å². The fourth-order valence-corrected chi connectivity index (χ4v) is 1.78. The van der Waals surface area contributed by atoms with E-state index in [1.165, 1.54) is 10.9 Å². The van der Waals surface area contributed by atoms with Crippen molar-refractivity contribution in [2.75, 3.05) is 0 Å². The highest BCUT2D eigenvalue weighted by molar-refractivity contribution is 5.75. The second-order valence-electron chi connectivity index (χ2n) is 3.64. The van der Waals surface area contributed by atoms with E-state index in [0.717, 1.165) is 0 Å². The lowest BCUT2D eigenvalue weighted by Crippen LogP contribution is -2.35. The molecule has 1 unspecified atom stereocenters. The molecule has 76 valence electrons. The molecular weight excluding hydrogens is 186 g/mol. The van der Waals surface area contributed by atoms with Gasteiger partial charge < -0.3 is 10.2 Å². The number of carboxylic acid groups (broad SMARTS) is 1.